The third-order valence-electron chi connectivity index (χ3n) is 6.78. The van der Waals surface area contributed by atoms with E-state index < -0.39 is 23.0 Å². The minimum absolute atomic E-state index is 0.00341. The van der Waals surface area contributed by atoms with E-state index in [2.05, 4.69) is 25.0 Å². The summed E-state index contributed by atoms with van der Waals surface area (Å²) in [5.74, 6) is -1.43. The number of nitrogens with zero attached hydrogens (tertiary/aromatic N) is 8. The van der Waals surface area contributed by atoms with Crippen molar-refractivity contribution in [1.82, 2.24) is 29.3 Å². The second kappa shape index (κ2) is 11.4. The van der Waals surface area contributed by atoms with Crippen LogP contribution < -0.4 is 10.5 Å². The summed E-state index contributed by atoms with van der Waals surface area (Å²) in [6.07, 6.45) is 6.59. The van der Waals surface area contributed by atoms with Crippen LogP contribution in [0.1, 0.15) is 48.5 Å². The molecule has 5 heterocycles. The molecule has 4 aromatic rings. The molecule has 5 rings (SSSR count). The number of aliphatic imine (C=N–C) groups is 1. The number of hydrogen-bond acceptors (Lipinski definition) is 7. The zero-order chi connectivity index (χ0) is 30.3. The Balaban J connectivity index is 1.53. The molecule has 0 amide bonds. The average Bonchev–Trinajstić information content (AvgIpc) is 3.50. The van der Waals surface area contributed by atoms with Gasteiger partial charge >= 0.3 is 0 Å². The Morgan fingerprint density at radius 2 is 1.88 bits per heavy atom. The number of pyridine rings is 3. The molecule has 0 N–H and O–H groups in total. The summed E-state index contributed by atoms with van der Waals surface area (Å²) in [4.78, 5) is 31.8. The summed E-state index contributed by atoms with van der Waals surface area (Å²) in [6.45, 7) is 8.54. The van der Waals surface area contributed by atoms with Crippen LogP contribution in [0.15, 0.2) is 64.5 Å². The number of allylic oxidation sites excluding steroid dienone is 2. The Bertz CT molecular complexity index is 1850. The molecular weight excluding hydrogens is 569 g/mol. The van der Waals surface area contributed by atoms with Crippen molar-refractivity contribution in [3.8, 4) is 5.82 Å². The van der Waals surface area contributed by atoms with E-state index in [1.54, 1.807) is 46.0 Å². The Morgan fingerprint density at radius 3 is 2.55 bits per heavy atom. The van der Waals surface area contributed by atoms with Gasteiger partial charge in [-0.05, 0) is 64.4 Å². The molecule has 216 valence electrons. The fourth-order valence-electron chi connectivity index (χ4n) is 4.81. The monoisotopic (exact) mass is 594 g/mol. The molecule has 1 aliphatic heterocycles. The van der Waals surface area contributed by atoms with Crippen LogP contribution in [0, 0.1) is 32.4 Å². The number of aryl methyl sites for hydroxylation is 3. The minimum atomic E-state index is -0.914. The van der Waals surface area contributed by atoms with Crippen LogP contribution in [0.4, 0.5) is 18.9 Å². The number of halogens is 4. The third kappa shape index (κ3) is 5.37. The Labute approximate surface area is 244 Å². The van der Waals surface area contributed by atoms with Crippen LogP contribution >= 0.6 is 11.6 Å². The van der Waals surface area contributed by atoms with Gasteiger partial charge in [0.25, 0.3) is 5.56 Å². The molecule has 13 heteroatoms. The van der Waals surface area contributed by atoms with Gasteiger partial charge in [0.15, 0.2) is 17.5 Å². The van der Waals surface area contributed by atoms with Crippen molar-refractivity contribution >= 4 is 29.2 Å². The Morgan fingerprint density at radius 1 is 1.12 bits per heavy atom. The largest absolute Gasteiger partial charge is 0.356 e. The highest BCUT2D eigenvalue weighted by atomic mass is 35.5. The molecule has 42 heavy (non-hydrogen) atoms. The number of hydrogen-bond donors (Lipinski definition) is 0. The van der Waals surface area contributed by atoms with E-state index in [1.807, 2.05) is 11.8 Å². The highest BCUT2D eigenvalue weighted by Crippen LogP contribution is 2.48. The molecule has 0 aromatic carbocycles. The van der Waals surface area contributed by atoms with Gasteiger partial charge in [-0.2, -0.15) is 4.68 Å². The van der Waals surface area contributed by atoms with Crippen LogP contribution in [-0.4, -0.2) is 41.1 Å². The molecule has 0 saturated carbocycles. The van der Waals surface area contributed by atoms with Crippen molar-refractivity contribution in [3.63, 3.8) is 0 Å². The lowest BCUT2D eigenvalue weighted by molar-refractivity contribution is 0.596. The molecule has 2 atom stereocenters. The highest BCUT2D eigenvalue weighted by Gasteiger charge is 2.46. The van der Waals surface area contributed by atoms with Crippen molar-refractivity contribution in [2.24, 2.45) is 4.99 Å². The first kappa shape index (κ1) is 28.9. The number of aromatic nitrogens is 6. The molecule has 1 aliphatic rings. The van der Waals surface area contributed by atoms with E-state index in [9.17, 15) is 13.6 Å². The van der Waals surface area contributed by atoms with Gasteiger partial charge in [0, 0.05) is 18.1 Å². The third-order valence-corrected chi connectivity index (χ3v) is 7.13. The molecule has 1 saturated heterocycles. The van der Waals surface area contributed by atoms with Crippen LogP contribution in [0.3, 0.4) is 0 Å². The predicted molar refractivity (Wildman–Crippen MR) is 155 cm³/mol. The van der Waals surface area contributed by atoms with Gasteiger partial charge in [0.1, 0.15) is 28.2 Å². The molecule has 4 aromatic heterocycles. The first-order valence-electron chi connectivity index (χ1n) is 13.0. The topological polar surface area (TPSA) is 93.9 Å². The Kier molecular flexibility index (Phi) is 7.83. The molecule has 0 spiro atoms. The van der Waals surface area contributed by atoms with Crippen LogP contribution in [0.25, 0.3) is 12.0 Å². The quantitative estimate of drug-likeness (QED) is 0.198. The summed E-state index contributed by atoms with van der Waals surface area (Å²) in [5.41, 5.74) is 0.577. The molecule has 2 unspecified atom stereocenters. The standard InChI is InChI=1S/C29H26ClF3N8O/c1-6-9-35-26(23-8-7-21(32)28(37-23)41-18(5)36-17(4)38-41)22(33)14-39-15(2)10-24(25(30)29(39)42)40-16(3)27(40)19-11-20(31)13-34-12-19/h6-14,16,27H,1-5H3/b9-6+,22-14-,35-26-. The first-order valence-corrected chi connectivity index (χ1v) is 13.3. The zero-order valence-electron chi connectivity index (χ0n) is 23.3. The van der Waals surface area contributed by atoms with Crippen molar-refractivity contribution in [2.75, 3.05) is 4.90 Å². The lowest BCUT2D eigenvalue weighted by Gasteiger charge is -2.14. The lowest BCUT2D eigenvalue weighted by atomic mass is 10.2. The van der Waals surface area contributed by atoms with Gasteiger partial charge in [0.05, 0.1) is 35.9 Å². The van der Waals surface area contributed by atoms with Gasteiger partial charge in [-0.3, -0.25) is 19.3 Å². The Hall–Kier alpha value is -4.58. The molecule has 0 aliphatic carbocycles. The van der Waals surface area contributed by atoms with Crippen LogP contribution in [0.5, 0.6) is 0 Å². The van der Waals surface area contributed by atoms with Crippen molar-refractivity contribution in [2.45, 2.75) is 46.7 Å². The molecular formula is C29H26ClF3N8O. The van der Waals surface area contributed by atoms with Crippen LogP contribution in [-0.2, 0) is 0 Å². The fraction of sp³-hybridized carbons (Fsp3) is 0.241. The van der Waals surface area contributed by atoms with E-state index in [-0.39, 0.29) is 34.3 Å². The maximum absolute atomic E-state index is 15.9. The first-order chi connectivity index (χ1) is 20.0. The van der Waals surface area contributed by atoms with E-state index >= 15 is 4.39 Å². The maximum Gasteiger partial charge on any atom is 0.275 e. The van der Waals surface area contributed by atoms with Gasteiger partial charge < -0.3 is 4.90 Å². The minimum Gasteiger partial charge on any atom is -0.356 e. The lowest BCUT2D eigenvalue weighted by Crippen LogP contribution is -2.21. The second-order valence-electron chi connectivity index (χ2n) is 9.75. The van der Waals surface area contributed by atoms with Crippen molar-refractivity contribution in [3.05, 3.63) is 110 Å². The zero-order valence-corrected chi connectivity index (χ0v) is 24.1. The smallest absolute Gasteiger partial charge is 0.275 e. The fourth-order valence-corrected chi connectivity index (χ4v) is 5.05. The van der Waals surface area contributed by atoms with E-state index in [4.69, 9.17) is 11.6 Å². The molecule has 0 radical (unpaired) electrons. The summed E-state index contributed by atoms with van der Waals surface area (Å²) in [6, 6.07) is 5.17. The average molecular weight is 595 g/mol. The van der Waals surface area contributed by atoms with Gasteiger partial charge in [-0.25, -0.2) is 23.1 Å². The summed E-state index contributed by atoms with van der Waals surface area (Å²) < 4.78 is 46.7. The molecule has 0 bridgehead atoms. The summed E-state index contributed by atoms with van der Waals surface area (Å²) >= 11 is 6.51. The van der Waals surface area contributed by atoms with Gasteiger partial charge in [-0.15, -0.1) is 5.10 Å². The van der Waals surface area contributed by atoms with Crippen molar-refractivity contribution in [1.29, 1.82) is 0 Å². The van der Waals surface area contributed by atoms with E-state index in [0.717, 1.165) is 23.0 Å². The van der Waals surface area contributed by atoms with E-state index in [0.29, 0.717) is 28.6 Å². The van der Waals surface area contributed by atoms with E-state index in [1.165, 1.54) is 23.0 Å². The summed E-state index contributed by atoms with van der Waals surface area (Å²) in [5, 5.41) is 4.04. The normalized spacial score (nSPS) is 17.4. The van der Waals surface area contributed by atoms with Crippen molar-refractivity contribution < 1.29 is 13.2 Å². The maximum atomic E-state index is 15.9. The number of anilines is 1. The van der Waals surface area contributed by atoms with Gasteiger partial charge in [-0.1, -0.05) is 17.7 Å². The van der Waals surface area contributed by atoms with Gasteiger partial charge in [0.2, 0.25) is 0 Å². The highest BCUT2D eigenvalue weighted by molar-refractivity contribution is 6.33. The SMILES string of the molecule is C/C=C/N=C(/C(F)=C/n1c(C)cc(N2C(C)C2c2cncc(F)c2)c(Cl)c1=O)c1ccc(F)c(-n2nc(C)nc2C)n1. The number of rotatable bonds is 7. The summed E-state index contributed by atoms with van der Waals surface area (Å²) in [7, 11) is 0. The predicted octanol–water partition coefficient (Wildman–Crippen LogP) is 5.82. The van der Waals surface area contributed by atoms with Crippen LogP contribution in [0.2, 0.25) is 5.02 Å². The molecule has 9 nitrogen and oxygen atoms in total. The molecule has 1 fully saturated rings. The second-order valence-corrected chi connectivity index (χ2v) is 10.1.